The molecule has 0 spiro atoms. The molecule has 4 rings (SSSR count). The average molecular weight is 365 g/mol. The van der Waals surface area contributed by atoms with E-state index >= 15 is 0 Å². The molecular weight excluding hydrogens is 340 g/mol. The predicted molar refractivity (Wildman–Crippen MR) is 106 cm³/mol. The number of thioether (sulfide) groups is 1. The monoisotopic (exact) mass is 364 g/mol. The summed E-state index contributed by atoms with van der Waals surface area (Å²) in [4.78, 5) is 0. The van der Waals surface area contributed by atoms with Gasteiger partial charge in [-0.3, -0.25) is 0 Å². The molecule has 1 atom stereocenters. The molecule has 0 amide bonds. The molecule has 1 aliphatic heterocycles. The number of benzene rings is 2. The van der Waals surface area contributed by atoms with Crippen LogP contribution in [0.1, 0.15) is 41.4 Å². The van der Waals surface area contributed by atoms with Gasteiger partial charge in [0.25, 0.3) is 0 Å². The molecule has 0 aliphatic carbocycles. The molecule has 0 bridgehead atoms. The average Bonchev–Trinajstić information content (AvgIpc) is 3.31. The van der Waals surface area contributed by atoms with Gasteiger partial charge in [-0.25, -0.2) is 0 Å². The number of nitrogens with one attached hydrogen (secondary N) is 1. The lowest BCUT2D eigenvalue weighted by molar-refractivity contribution is 0.550. The van der Waals surface area contributed by atoms with Crippen LogP contribution in [0, 0.1) is 6.92 Å². The number of rotatable bonds is 6. The lowest BCUT2D eigenvalue weighted by Gasteiger charge is -2.14. The summed E-state index contributed by atoms with van der Waals surface area (Å²) in [5.74, 6) is 1.98. The molecule has 3 aromatic rings. The second-order valence-corrected chi connectivity index (χ2v) is 7.78. The molecule has 2 aromatic carbocycles. The van der Waals surface area contributed by atoms with E-state index in [0.29, 0.717) is 6.04 Å². The summed E-state index contributed by atoms with van der Waals surface area (Å²) >= 11 is 1.77. The van der Waals surface area contributed by atoms with Crippen LogP contribution in [-0.2, 0) is 12.3 Å². The van der Waals surface area contributed by atoms with Crippen molar-refractivity contribution in [3.05, 3.63) is 77.1 Å². The van der Waals surface area contributed by atoms with Crippen LogP contribution < -0.4 is 5.32 Å². The van der Waals surface area contributed by atoms with E-state index in [0.717, 1.165) is 36.2 Å². The van der Waals surface area contributed by atoms with Gasteiger partial charge in [0.05, 0.1) is 12.6 Å². The van der Waals surface area contributed by atoms with Crippen LogP contribution in [0.2, 0.25) is 0 Å². The van der Waals surface area contributed by atoms with Crippen LogP contribution in [-0.4, -0.2) is 21.3 Å². The minimum absolute atomic E-state index is 0.319. The zero-order valence-electron chi connectivity index (χ0n) is 15.1. The van der Waals surface area contributed by atoms with Crippen molar-refractivity contribution in [1.82, 2.24) is 20.1 Å². The van der Waals surface area contributed by atoms with Gasteiger partial charge in [-0.1, -0.05) is 71.9 Å². The smallest absolute Gasteiger partial charge is 0.191 e. The number of hydrogen-bond donors (Lipinski definition) is 1. The molecule has 1 aliphatic rings. The third kappa shape index (κ3) is 4.00. The van der Waals surface area contributed by atoms with Gasteiger partial charge in [0.1, 0.15) is 0 Å². The lowest BCUT2D eigenvalue weighted by Crippen LogP contribution is -2.19. The van der Waals surface area contributed by atoms with Gasteiger partial charge in [-0.2, -0.15) is 0 Å². The summed E-state index contributed by atoms with van der Waals surface area (Å²) in [5.41, 5.74) is 3.90. The fraction of sp³-hybridized carbons (Fsp3) is 0.333. The Morgan fingerprint density at radius 1 is 1.08 bits per heavy atom. The van der Waals surface area contributed by atoms with E-state index in [1.165, 1.54) is 23.1 Å². The molecule has 1 aromatic heterocycles. The Morgan fingerprint density at radius 2 is 1.92 bits per heavy atom. The van der Waals surface area contributed by atoms with Gasteiger partial charge in [0.2, 0.25) is 0 Å². The number of aryl methyl sites for hydroxylation is 1. The maximum absolute atomic E-state index is 4.55. The van der Waals surface area contributed by atoms with Crippen LogP contribution in [0.4, 0.5) is 0 Å². The molecule has 2 heterocycles. The van der Waals surface area contributed by atoms with Crippen molar-refractivity contribution in [1.29, 1.82) is 0 Å². The third-order valence-corrected chi connectivity index (χ3v) is 5.79. The summed E-state index contributed by atoms with van der Waals surface area (Å²) in [6, 6.07) is 19.6. The minimum Gasteiger partial charge on any atom is -0.307 e. The van der Waals surface area contributed by atoms with E-state index in [4.69, 9.17) is 0 Å². The first-order chi connectivity index (χ1) is 12.8. The van der Waals surface area contributed by atoms with Crippen LogP contribution in [0.15, 0.2) is 59.8 Å². The van der Waals surface area contributed by atoms with Crippen molar-refractivity contribution in [3.63, 3.8) is 0 Å². The Kier molecular flexibility index (Phi) is 5.37. The lowest BCUT2D eigenvalue weighted by atomic mass is 10.2. The Bertz CT molecular complexity index is 853. The molecular formula is C21H24N4S. The fourth-order valence-electron chi connectivity index (χ4n) is 3.43. The molecule has 1 saturated heterocycles. The van der Waals surface area contributed by atoms with E-state index in [-0.39, 0.29) is 0 Å². The molecule has 5 heteroatoms. The van der Waals surface area contributed by atoms with Crippen LogP contribution >= 0.6 is 11.8 Å². The SMILES string of the molecule is Cc1cccc(CSc2nnc(C3CCCN3)n2Cc2ccccc2)c1. The van der Waals surface area contributed by atoms with E-state index < -0.39 is 0 Å². The second-order valence-electron chi connectivity index (χ2n) is 6.84. The summed E-state index contributed by atoms with van der Waals surface area (Å²) in [6.07, 6.45) is 2.34. The van der Waals surface area contributed by atoms with Gasteiger partial charge in [0.15, 0.2) is 11.0 Å². The Hall–Kier alpha value is -2.11. The summed E-state index contributed by atoms with van der Waals surface area (Å²) in [7, 11) is 0. The Labute approximate surface area is 159 Å². The van der Waals surface area contributed by atoms with Crippen LogP contribution in [0.5, 0.6) is 0 Å². The standard InChI is InChI=1S/C21H24N4S/c1-16-7-5-10-18(13-16)15-26-21-24-23-20(19-11-6-12-22-19)25(21)14-17-8-3-2-4-9-17/h2-5,7-10,13,19,22H,6,11-12,14-15H2,1H3. The molecule has 0 radical (unpaired) electrons. The highest BCUT2D eigenvalue weighted by atomic mass is 32.2. The van der Waals surface area contributed by atoms with Crippen molar-refractivity contribution >= 4 is 11.8 Å². The first-order valence-electron chi connectivity index (χ1n) is 9.18. The van der Waals surface area contributed by atoms with Crippen molar-refractivity contribution < 1.29 is 0 Å². The molecule has 4 nitrogen and oxygen atoms in total. The number of nitrogens with zero attached hydrogens (tertiary/aromatic N) is 3. The zero-order valence-corrected chi connectivity index (χ0v) is 15.9. The van der Waals surface area contributed by atoms with E-state index in [2.05, 4.69) is 81.6 Å². The first-order valence-corrected chi connectivity index (χ1v) is 10.2. The molecule has 26 heavy (non-hydrogen) atoms. The van der Waals surface area contributed by atoms with Crippen molar-refractivity contribution in [2.75, 3.05) is 6.54 Å². The molecule has 1 unspecified atom stereocenters. The van der Waals surface area contributed by atoms with Crippen LogP contribution in [0.3, 0.4) is 0 Å². The van der Waals surface area contributed by atoms with Gasteiger partial charge in [-0.15, -0.1) is 10.2 Å². The largest absolute Gasteiger partial charge is 0.307 e. The van der Waals surface area contributed by atoms with E-state index in [1.54, 1.807) is 11.8 Å². The van der Waals surface area contributed by atoms with Gasteiger partial charge in [-0.05, 0) is 37.4 Å². The quantitative estimate of drug-likeness (QED) is 0.660. The highest BCUT2D eigenvalue weighted by molar-refractivity contribution is 7.98. The van der Waals surface area contributed by atoms with Crippen molar-refractivity contribution in [2.24, 2.45) is 0 Å². The topological polar surface area (TPSA) is 42.7 Å². The summed E-state index contributed by atoms with van der Waals surface area (Å²) in [6.45, 7) is 4.02. The highest BCUT2D eigenvalue weighted by Gasteiger charge is 2.24. The summed E-state index contributed by atoms with van der Waals surface area (Å²) < 4.78 is 2.29. The maximum atomic E-state index is 4.55. The molecule has 0 saturated carbocycles. The highest BCUT2D eigenvalue weighted by Crippen LogP contribution is 2.28. The van der Waals surface area contributed by atoms with Gasteiger partial charge in [0, 0.05) is 5.75 Å². The summed E-state index contributed by atoms with van der Waals surface area (Å²) in [5, 5.41) is 13.6. The van der Waals surface area contributed by atoms with Crippen LogP contribution in [0.25, 0.3) is 0 Å². The van der Waals surface area contributed by atoms with E-state index in [9.17, 15) is 0 Å². The van der Waals surface area contributed by atoms with Gasteiger partial charge < -0.3 is 9.88 Å². The molecule has 1 fully saturated rings. The fourth-order valence-corrected chi connectivity index (χ4v) is 4.32. The number of hydrogen-bond acceptors (Lipinski definition) is 4. The second kappa shape index (κ2) is 8.06. The maximum Gasteiger partial charge on any atom is 0.191 e. The third-order valence-electron chi connectivity index (χ3n) is 4.75. The number of aromatic nitrogens is 3. The predicted octanol–water partition coefficient (Wildman–Crippen LogP) is 4.35. The van der Waals surface area contributed by atoms with Crippen molar-refractivity contribution in [3.8, 4) is 0 Å². The Balaban J connectivity index is 1.58. The molecule has 134 valence electrons. The minimum atomic E-state index is 0.319. The Morgan fingerprint density at radius 3 is 2.69 bits per heavy atom. The normalized spacial score (nSPS) is 16.9. The molecule has 1 N–H and O–H groups in total. The van der Waals surface area contributed by atoms with Crippen molar-refractivity contribution in [2.45, 2.75) is 43.3 Å². The van der Waals surface area contributed by atoms with Gasteiger partial charge >= 0.3 is 0 Å². The first kappa shape index (κ1) is 17.3. The zero-order chi connectivity index (χ0) is 17.8. The van der Waals surface area contributed by atoms with E-state index in [1.807, 2.05) is 0 Å².